The van der Waals surface area contributed by atoms with Crippen LogP contribution in [0.25, 0.3) is 0 Å². The van der Waals surface area contributed by atoms with Crippen molar-refractivity contribution in [3.63, 3.8) is 0 Å². The summed E-state index contributed by atoms with van der Waals surface area (Å²) < 4.78 is 1.53. The molecule has 0 nitrogen and oxygen atoms in total. The fourth-order valence-electron chi connectivity index (χ4n) is 0. The van der Waals surface area contributed by atoms with Crippen LogP contribution in [0.5, 0.6) is 0 Å². The molecule has 0 saturated carbocycles. The first-order valence-electron chi connectivity index (χ1n) is 2.35. The maximum absolute atomic E-state index is 2.41. The van der Waals surface area contributed by atoms with E-state index in [2.05, 4.69) is 19.6 Å². The van der Waals surface area contributed by atoms with Crippen LogP contribution in [0.4, 0.5) is 0 Å². The molecule has 0 spiro atoms. The van der Waals surface area contributed by atoms with Crippen LogP contribution in [0.15, 0.2) is 0 Å². The molecule has 0 N–H and O–H groups in total. The van der Waals surface area contributed by atoms with Crippen molar-refractivity contribution in [1.29, 1.82) is 0 Å². The van der Waals surface area contributed by atoms with Gasteiger partial charge < -0.3 is 0 Å². The zero-order valence-corrected chi connectivity index (χ0v) is 10.1. The number of hydrogen-bond acceptors (Lipinski definition) is 0. The van der Waals surface area contributed by atoms with Gasteiger partial charge in [0.2, 0.25) is 0 Å². The minimum absolute atomic E-state index is 0. The summed E-state index contributed by atoms with van der Waals surface area (Å²) in [5, 5.41) is 0. The monoisotopic (exact) mass is 187 g/mol. The molecule has 0 aromatic carbocycles. The third-order valence-corrected chi connectivity index (χ3v) is 11.7. The van der Waals surface area contributed by atoms with Crippen LogP contribution in [0.2, 0.25) is 24.3 Å². The van der Waals surface area contributed by atoms with E-state index in [1.807, 2.05) is 0 Å². The fourth-order valence-corrected chi connectivity index (χ4v) is 0. The Morgan fingerprint density at radius 3 is 1.43 bits per heavy atom. The summed E-state index contributed by atoms with van der Waals surface area (Å²) in [5.41, 5.74) is 0. The van der Waals surface area contributed by atoms with E-state index in [4.69, 9.17) is 0 Å². The van der Waals surface area contributed by atoms with E-state index >= 15 is 0 Å². The molecule has 0 saturated heterocycles. The maximum atomic E-state index is 2.41. The van der Waals surface area contributed by atoms with Crippen molar-refractivity contribution in [2.45, 2.75) is 24.3 Å². The van der Waals surface area contributed by atoms with E-state index in [0.717, 1.165) is 0 Å². The summed E-state index contributed by atoms with van der Waals surface area (Å²) in [6, 6.07) is 0. The summed E-state index contributed by atoms with van der Waals surface area (Å²) in [6.07, 6.45) is 0. The largest absolute Gasteiger partial charge is 0.147 e. The molecule has 41 valence electrons. The molecule has 0 heterocycles. The van der Waals surface area contributed by atoms with Gasteiger partial charge in [-0.3, -0.25) is 0 Å². The molecular weight excluding hydrogens is 177 g/mol. The van der Waals surface area contributed by atoms with Gasteiger partial charge in [0.1, 0.15) is 0 Å². The van der Waals surface area contributed by atoms with Gasteiger partial charge in [-0.2, -0.15) is 0 Å². The molecule has 0 amide bonds. The molecule has 7 heavy (non-hydrogen) atoms. The molecule has 0 aliphatic carbocycles. The van der Waals surface area contributed by atoms with Gasteiger partial charge in [0.15, 0.2) is 0 Å². The third-order valence-electron chi connectivity index (χ3n) is 0.750. The van der Waals surface area contributed by atoms with E-state index < -0.39 is 8.07 Å². The first kappa shape index (κ1) is 11.0. The van der Waals surface area contributed by atoms with Crippen LogP contribution in [0.3, 0.4) is 0 Å². The van der Waals surface area contributed by atoms with Crippen LogP contribution >= 0.6 is 12.4 Å². The summed E-state index contributed by atoms with van der Waals surface area (Å²) in [4.78, 5) is 0. The average molecular weight is 189 g/mol. The SMILES string of the molecule is C[Si](C)(C)[CH2][Zn].Cl. The number of rotatable bonds is 1. The van der Waals surface area contributed by atoms with Gasteiger partial charge in [0.25, 0.3) is 0 Å². The normalized spacial score (nSPS) is 10.4. The Labute approximate surface area is 63.2 Å². The summed E-state index contributed by atoms with van der Waals surface area (Å²) in [6.45, 7) is 7.24. The standard InChI is InChI=1S/C4H11Si.ClH.Zn/c1-5(2,3)4;;/h1H2,2-4H3;1H;. The van der Waals surface area contributed by atoms with Gasteiger partial charge in [-0.1, -0.05) is 0 Å². The van der Waals surface area contributed by atoms with Gasteiger partial charge >= 0.3 is 50.7 Å². The van der Waals surface area contributed by atoms with Crippen LogP contribution in [-0.4, -0.2) is 8.07 Å². The summed E-state index contributed by atoms with van der Waals surface area (Å²) in [7, 11) is -0.576. The van der Waals surface area contributed by atoms with Crippen molar-refractivity contribution in [2.75, 3.05) is 0 Å². The molecule has 0 bridgehead atoms. The van der Waals surface area contributed by atoms with Crippen molar-refractivity contribution in [3.05, 3.63) is 0 Å². The zero-order chi connectivity index (χ0) is 5.21. The van der Waals surface area contributed by atoms with Gasteiger partial charge in [0.05, 0.1) is 0 Å². The van der Waals surface area contributed by atoms with Crippen molar-refractivity contribution in [2.24, 2.45) is 0 Å². The Kier molecular flexibility index (Phi) is 6.37. The predicted octanol–water partition coefficient (Wildman–Crippen LogP) is 2.25. The van der Waals surface area contributed by atoms with Crippen LogP contribution in [0.1, 0.15) is 0 Å². The Hall–Kier alpha value is 1.13. The molecule has 0 unspecified atom stereocenters. The molecule has 0 aliphatic heterocycles. The second kappa shape index (κ2) is 4.05. The number of halogens is 1. The van der Waals surface area contributed by atoms with Crippen molar-refractivity contribution < 1.29 is 18.3 Å². The smallest absolute Gasteiger partial charge is 0.147 e. The van der Waals surface area contributed by atoms with E-state index in [1.54, 1.807) is 0 Å². The van der Waals surface area contributed by atoms with Crippen molar-refractivity contribution in [3.8, 4) is 0 Å². The summed E-state index contributed by atoms with van der Waals surface area (Å²) in [5.74, 6) is 0. The Balaban J connectivity index is 0. The molecule has 0 radical (unpaired) electrons. The Morgan fingerprint density at radius 1 is 1.29 bits per heavy atom. The van der Waals surface area contributed by atoms with Crippen LogP contribution < -0.4 is 0 Å². The zero-order valence-electron chi connectivity index (χ0n) is 5.32. The average Bonchev–Trinajstić information content (AvgIpc) is 1.35. The predicted molar refractivity (Wildman–Crippen MR) is 35.4 cm³/mol. The second-order valence-corrected chi connectivity index (χ2v) is 11.6. The minimum atomic E-state index is -0.576. The van der Waals surface area contributed by atoms with Crippen LogP contribution in [-0.2, 0) is 18.3 Å². The maximum Gasteiger partial charge on any atom is -0.147 e. The molecule has 0 fully saturated rings. The van der Waals surface area contributed by atoms with E-state index in [-0.39, 0.29) is 12.4 Å². The van der Waals surface area contributed by atoms with E-state index in [9.17, 15) is 0 Å². The Morgan fingerprint density at radius 2 is 1.43 bits per heavy atom. The Bertz CT molecular complexity index is 41.4. The first-order valence-corrected chi connectivity index (χ1v) is 8.16. The topological polar surface area (TPSA) is 0 Å². The minimum Gasteiger partial charge on any atom is -0.147 e. The van der Waals surface area contributed by atoms with Crippen LogP contribution in [0, 0.1) is 0 Å². The van der Waals surface area contributed by atoms with E-state index in [1.165, 1.54) is 22.9 Å². The van der Waals surface area contributed by atoms with Gasteiger partial charge in [-0.05, 0) is 0 Å². The van der Waals surface area contributed by atoms with Gasteiger partial charge in [-0.15, -0.1) is 12.4 Å². The first-order chi connectivity index (χ1) is 2.56. The molecule has 0 aliphatic rings. The molecule has 3 heteroatoms. The molecule has 0 atom stereocenters. The number of hydrogen-bond donors (Lipinski definition) is 0. The molecule has 0 aromatic heterocycles. The van der Waals surface area contributed by atoms with Crippen molar-refractivity contribution in [1.82, 2.24) is 0 Å². The quantitative estimate of drug-likeness (QED) is 0.555. The van der Waals surface area contributed by atoms with E-state index in [0.29, 0.717) is 0 Å². The van der Waals surface area contributed by atoms with Gasteiger partial charge in [-0.25, -0.2) is 0 Å². The second-order valence-electron chi connectivity index (χ2n) is 2.81. The fraction of sp³-hybridized carbons (Fsp3) is 1.00. The third kappa shape index (κ3) is 11.0. The van der Waals surface area contributed by atoms with Gasteiger partial charge in [0, 0.05) is 0 Å². The molecule has 0 rings (SSSR count). The molecule has 0 aromatic rings. The summed E-state index contributed by atoms with van der Waals surface area (Å²) >= 11 is 1.50. The molecular formula is C4H12ClSiZn. The van der Waals surface area contributed by atoms with Crippen molar-refractivity contribution >= 4 is 20.5 Å².